The van der Waals surface area contributed by atoms with Crippen molar-refractivity contribution in [3.05, 3.63) is 65.2 Å². The van der Waals surface area contributed by atoms with Gasteiger partial charge in [0.15, 0.2) is 0 Å². The van der Waals surface area contributed by atoms with Gasteiger partial charge in [-0.05, 0) is 31.2 Å². The van der Waals surface area contributed by atoms with Gasteiger partial charge in [0.05, 0.1) is 6.26 Å². The van der Waals surface area contributed by atoms with Crippen molar-refractivity contribution < 1.29 is 9.15 Å². The van der Waals surface area contributed by atoms with Crippen LogP contribution in [0, 0.1) is 0 Å². The van der Waals surface area contributed by atoms with E-state index in [9.17, 15) is 4.79 Å². The highest BCUT2D eigenvalue weighted by molar-refractivity contribution is 5.77. The summed E-state index contributed by atoms with van der Waals surface area (Å²) in [5.41, 5.74) is 1.04. The lowest BCUT2D eigenvalue weighted by atomic mass is 10.2. The van der Waals surface area contributed by atoms with E-state index in [0.29, 0.717) is 11.3 Å². The molecule has 2 rings (SSSR count). The van der Waals surface area contributed by atoms with Crippen molar-refractivity contribution in [2.45, 2.75) is 6.92 Å². The van der Waals surface area contributed by atoms with Crippen LogP contribution in [0.25, 0.3) is 11.0 Å². The Hall–Kier alpha value is -2.29. The lowest BCUT2D eigenvalue weighted by Gasteiger charge is -2.01. The molecule has 0 aliphatic rings. The summed E-state index contributed by atoms with van der Waals surface area (Å²) in [6.07, 6.45) is 3.30. The number of hydrogen-bond acceptors (Lipinski definition) is 3. The summed E-state index contributed by atoms with van der Waals surface area (Å²) in [5.74, 6) is 0.615. The van der Waals surface area contributed by atoms with Crippen LogP contribution in [0.15, 0.2) is 64.0 Å². The van der Waals surface area contributed by atoms with Gasteiger partial charge in [0.25, 0.3) is 0 Å². The van der Waals surface area contributed by atoms with Crippen LogP contribution in [-0.2, 0) is 0 Å². The molecule has 0 aliphatic carbocycles. The summed E-state index contributed by atoms with van der Waals surface area (Å²) in [7, 11) is 0. The van der Waals surface area contributed by atoms with Gasteiger partial charge in [-0.25, -0.2) is 4.79 Å². The molecule has 0 saturated heterocycles. The summed E-state index contributed by atoms with van der Waals surface area (Å²) in [5, 5.41) is 0.862. The van der Waals surface area contributed by atoms with Crippen LogP contribution in [0.2, 0.25) is 0 Å². The van der Waals surface area contributed by atoms with Crippen molar-refractivity contribution in [2.24, 2.45) is 0 Å². The molecule has 0 atom stereocenters. The highest BCUT2D eigenvalue weighted by atomic mass is 16.5. The maximum absolute atomic E-state index is 11.1. The van der Waals surface area contributed by atoms with E-state index in [-0.39, 0.29) is 5.63 Å². The molecule has 0 N–H and O–H groups in total. The van der Waals surface area contributed by atoms with Gasteiger partial charge in [0.1, 0.15) is 11.3 Å². The third-order valence-corrected chi connectivity index (χ3v) is 2.15. The van der Waals surface area contributed by atoms with Gasteiger partial charge in [-0.1, -0.05) is 12.2 Å². The third kappa shape index (κ3) is 2.84. The topological polar surface area (TPSA) is 39.4 Å². The molecule has 2 aromatic rings. The molecule has 0 amide bonds. The highest BCUT2D eigenvalue weighted by Crippen LogP contribution is 2.19. The molecule has 0 spiro atoms. The molecule has 3 heteroatoms. The van der Waals surface area contributed by atoms with Gasteiger partial charge < -0.3 is 9.15 Å². The number of ether oxygens (including phenoxy) is 1. The van der Waals surface area contributed by atoms with Crippen molar-refractivity contribution in [2.75, 3.05) is 0 Å². The number of rotatable bonds is 3. The van der Waals surface area contributed by atoms with Crippen LogP contribution < -0.4 is 10.4 Å². The Balaban J connectivity index is 2.31. The predicted molar refractivity (Wildman–Crippen MR) is 67.1 cm³/mol. The fraction of sp³-hybridized carbons (Fsp3) is 0.0714. The van der Waals surface area contributed by atoms with E-state index in [1.165, 1.54) is 6.07 Å². The van der Waals surface area contributed by atoms with Crippen LogP contribution in [0.5, 0.6) is 5.75 Å². The number of hydrogen-bond donors (Lipinski definition) is 0. The smallest absolute Gasteiger partial charge is 0.336 e. The van der Waals surface area contributed by atoms with Crippen LogP contribution in [0.3, 0.4) is 0 Å². The van der Waals surface area contributed by atoms with Crippen molar-refractivity contribution in [3.63, 3.8) is 0 Å². The first-order valence-corrected chi connectivity index (χ1v) is 5.18. The quantitative estimate of drug-likeness (QED) is 0.460. The van der Waals surface area contributed by atoms with Crippen LogP contribution in [0.4, 0.5) is 0 Å². The molecule has 0 saturated carbocycles. The number of allylic oxidation sites excluding steroid dienone is 2. The largest absolute Gasteiger partial charge is 0.465 e. The first kappa shape index (κ1) is 11.2. The predicted octanol–water partition coefficient (Wildman–Crippen LogP) is 3.26. The molecule has 3 nitrogen and oxygen atoms in total. The molecule has 0 bridgehead atoms. The van der Waals surface area contributed by atoms with Gasteiger partial charge in [0, 0.05) is 17.5 Å². The van der Waals surface area contributed by atoms with E-state index in [0.717, 1.165) is 11.0 Å². The Labute approximate surface area is 98.6 Å². The summed E-state index contributed by atoms with van der Waals surface area (Å²) in [4.78, 5) is 11.1. The van der Waals surface area contributed by atoms with Crippen molar-refractivity contribution in [3.8, 4) is 5.75 Å². The summed E-state index contributed by atoms with van der Waals surface area (Å²) in [6, 6.07) is 8.44. The Morgan fingerprint density at radius 3 is 2.88 bits per heavy atom. The second-order valence-electron chi connectivity index (χ2n) is 3.72. The van der Waals surface area contributed by atoms with E-state index in [4.69, 9.17) is 9.15 Å². The zero-order valence-electron chi connectivity index (χ0n) is 9.47. The van der Waals surface area contributed by atoms with Gasteiger partial charge in [0.2, 0.25) is 0 Å². The first-order chi connectivity index (χ1) is 8.15. The zero-order valence-corrected chi connectivity index (χ0v) is 9.47. The van der Waals surface area contributed by atoms with Crippen LogP contribution >= 0.6 is 0 Å². The minimum Gasteiger partial charge on any atom is -0.465 e. The van der Waals surface area contributed by atoms with E-state index >= 15 is 0 Å². The minimum absolute atomic E-state index is 0.368. The lowest BCUT2D eigenvalue weighted by molar-refractivity contribution is 0.478. The molecule has 0 aliphatic heterocycles. The molecule has 0 fully saturated rings. The summed E-state index contributed by atoms with van der Waals surface area (Å²) >= 11 is 0. The summed E-state index contributed by atoms with van der Waals surface area (Å²) in [6.45, 7) is 5.60. The van der Waals surface area contributed by atoms with Gasteiger partial charge in [-0.2, -0.15) is 0 Å². The lowest BCUT2D eigenvalue weighted by Crippen LogP contribution is -1.94. The normalized spacial score (nSPS) is 10.9. The Kier molecular flexibility index (Phi) is 3.10. The Bertz CT molecular complexity index is 635. The molecule has 1 heterocycles. The van der Waals surface area contributed by atoms with Crippen molar-refractivity contribution in [1.82, 2.24) is 0 Å². The second-order valence-corrected chi connectivity index (χ2v) is 3.72. The van der Waals surface area contributed by atoms with Crippen LogP contribution in [-0.4, -0.2) is 0 Å². The average molecular weight is 228 g/mol. The van der Waals surface area contributed by atoms with E-state index in [1.54, 1.807) is 24.5 Å². The number of benzene rings is 1. The van der Waals surface area contributed by atoms with Gasteiger partial charge in [-0.15, -0.1) is 0 Å². The fourth-order valence-electron chi connectivity index (χ4n) is 1.34. The minimum atomic E-state index is -0.368. The fourth-order valence-corrected chi connectivity index (χ4v) is 1.34. The summed E-state index contributed by atoms with van der Waals surface area (Å²) < 4.78 is 10.4. The van der Waals surface area contributed by atoms with Crippen molar-refractivity contribution >= 4 is 11.0 Å². The van der Waals surface area contributed by atoms with Crippen LogP contribution in [0.1, 0.15) is 6.92 Å². The molecule has 0 radical (unpaired) electrons. The maximum atomic E-state index is 11.1. The SMILES string of the molecule is C=C(C)C=COc1ccc2ccc(=O)oc2c1. The van der Waals surface area contributed by atoms with Crippen molar-refractivity contribution in [1.29, 1.82) is 0 Å². The van der Waals surface area contributed by atoms with Gasteiger partial charge >= 0.3 is 5.63 Å². The zero-order chi connectivity index (χ0) is 12.3. The maximum Gasteiger partial charge on any atom is 0.336 e. The second kappa shape index (κ2) is 4.70. The molecule has 1 aromatic carbocycles. The first-order valence-electron chi connectivity index (χ1n) is 5.18. The highest BCUT2D eigenvalue weighted by Gasteiger charge is 1.99. The third-order valence-electron chi connectivity index (χ3n) is 2.15. The van der Waals surface area contributed by atoms with Gasteiger partial charge in [-0.3, -0.25) is 0 Å². The average Bonchev–Trinajstić information content (AvgIpc) is 2.28. The number of fused-ring (bicyclic) bond motifs is 1. The Morgan fingerprint density at radius 1 is 1.35 bits per heavy atom. The molecule has 17 heavy (non-hydrogen) atoms. The molecule has 86 valence electrons. The van der Waals surface area contributed by atoms with E-state index in [1.807, 2.05) is 19.1 Å². The standard InChI is InChI=1S/C14H12O3/c1-10(2)7-8-16-12-5-3-11-4-6-14(15)17-13(11)9-12/h3-9H,1H2,2H3. The monoisotopic (exact) mass is 228 g/mol. The van der Waals surface area contributed by atoms with E-state index in [2.05, 4.69) is 6.58 Å². The Morgan fingerprint density at radius 2 is 2.12 bits per heavy atom. The molecular formula is C14H12O3. The van der Waals surface area contributed by atoms with E-state index < -0.39 is 0 Å². The molecular weight excluding hydrogens is 216 g/mol. The molecule has 1 aromatic heterocycles. The molecule has 0 unspecified atom stereocenters.